The quantitative estimate of drug-likeness (QED) is 0.586. The molecule has 0 atom stereocenters. The standard InChI is InChI=1S/C15H12N4S/c1-16-15-19-12-3-2-9(7-14(12)20-15)10-6-13-11(18-8-10)4-5-17-13/h2-8,17H,1H3,(H,16,19). The van der Waals surface area contributed by atoms with Crippen LogP contribution in [0.1, 0.15) is 0 Å². The molecule has 0 aliphatic heterocycles. The van der Waals surface area contributed by atoms with Crippen molar-refractivity contribution in [3.8, 4) is 11.1 Å². The fourth-order valence-electron chi connectivity index (χ4n) is 2.30. The van der Waals surface area contributed by atoms with Gasteiger partial charge in [0, 0.05) is 25.0 Å². The molecule has 0 bridgehead atoms. The molecule has 2 N–H and O–H groups in total. The molecule has 0 unspecified atom stereocenters. The predicted molar refractivity (Wildman–Crippen MR) is 84.3 cm³/mol. The second-order valence-electron chi connectivity index (χ2n) is 4.59. The highest BCUT2D eigenvalue weighted by atomic mass is 32.1. The lowest BCUT2D eigenvalue weighted by Crippen LogP contribution is -1.84. The van der Waals surface area contributed by atoms with Crippen LogP contribution >= 0.6 is 11.3 Å². The van der Waals surface area contributed by atoms with Crippen LogP contribution in [0.3, 0.4) is 0 Å². The van der Waals surface area contributed by atoms with Gasteiger partial charge in [0.15, 0.2) is 5.13 Å². The second kappa shape index (κ2) is 4.31. The number of rotatable bonds is 2. The van der Waals surface area contributed by atoms with Crippen LogP contribution in [0.4, 0.5) is 5.13 Å². The molecule has 0 radical (unpaired) electrons. The van der Waals surface area contributed by atoms with E-state index in [9.17, 15) is 0 Å². The van der Waals surface area contributed by atoms with E-state index in [2.05, 4.69) is 44.5 Å². The third-order valence-electron chi connectivity index (χ3n) is 3.33. The molecule has 0 spiro atoms. The van der Waals surface area contributed by atoms with Crippen molar-refractivity contribution in [2.75, 3.05) is 12.4 Å². The van der Waals surface area contributed by atoms with Gasteiger partial charge in [-0.2, -0.15) is 0 Å². The molecule has 0 amide bonds. The number of fused-ring (bicyclic) bond motifs is 2. The van der Waals surface area contributed by atoms with Crippen LogP contribution in [-0.4, -0.2) is 22.0 Å². The number of pyridine rings is 1. The minimum atomic E-state index is 0.940. The fourth-order valence-corrected chi connectivity index (χ4v) is 3.16. The summed E-state index contributed by atoms with van der Waals surface area (Å²) in [5.74, 6) is 0. The number of aromatic nitrogens is 3. The van der Waals surface area contributed by atoms with Crippen LogP contribution in [0, 0.1) is 0 Å². The summed E-state index contributed by atoms with van der Waals surface area (Å²) in [5, 5.41) is 4.03. The van der Waals surface area contributed by atoms with Crippen LogP contribution in [0.5, 0.6) is 0 Å². The lowest BCUT2D eigenvalue weighted by Gasteiger charge is -2.01. The number of aromatic amines is 1. The van der Waals surface area contributed by atoms with Gasteiger partial charge in [-0.15, -0.1) is 0 Å². The largest absolute Gasteiger partial charge is 0.365 e. The van der Waals surface area contributed by atoms with Crippen molar-refractivity contribution in [1.82, 2.24) is 15.0 Å². The van der Waals surface area contributed by atoms with Crippen molar-refractivity contribution in [2.45, 2.75) is 0 Å². The van der Waals surface area contributed by atoms with Crippen molar-refractivity contribution < 1.29 is 0 Å². The van der Waals surface area contributed by atoms with E-state index in [0.717, 1.165) is 32.8 Å². The third kappa shape index (κ3) is 1.75. The minimum Gasteiger partial charge on any atom is -0.365 e. The Balaban J connectivity index is 1.87. The zero-order chi connectivity index (χ0) is 13.5. The van der Waals surface area contributed by atoms with E-state index >= 15 is 0 Å². The van der Waals surface area contributed by atoms with E-state index in [1.807, 2.05) is 25.5 Å². The van der Waals surface area contributed by atoms with Gasteiger partial charge in [0.1, 0.15) is 0 Å². The molecule has 4 rings (SSSR count). The van der Waals surface area contributed by atoms with Crippen LogP contribution in [0.2, 0.25) is 0 Å². The van der Waals surface area contributed by atoms with Gasteiger partial charge in [-0.1, -0.05) is 17.4 Å². The molecule has 0 aliphatic carbocycles. The Morgan fingerprint density at radius 3 is 2.95 bits per heavy atom. The van der Waals surface area contributed by atoms with E-state index in [1.54, 1.807) is 11.3 Å². The minimum absolute atomic E-state index is 0.940. The van der Waals surface area contributed by atoms with Crippen LogP contribution in [-0.2, 0) is 0 Å². The molecule has 0 saturated heterocycles. The van der Waals surface area contributed by atoms with Gasteiger partial charge in [0.2, 0.25) is 0 Å². The summed E-state index contributed by atoms with van der Waals surface area (Å²) < 4.78 is 1.18. The summed E-state index contributed by atoms with van der Waals surface area (Å²) in [4.78, 5) is 12.2. The number of nitrogens with one attached hydrogen (secondary N) is 2. The molecule has 4 nitrogen and oxygen atoms in total. The first-order valence-corrected chi connectivity index (χ1v) is 7.17. The van der Waals surface area contributed by atoms with E-state index < -0.39 is 0 Å². The van der Waals surface area contributed by atoms with Gasteiger partial charge in [-0.05, 0) is 29.8 Å². The van der Waals surface area contributed by atoms with Crippen molar-refractivity contribution >= 4 is 37.7 Å². The summed E-state index contributed by atoms with van der Waals surface area (Å²) in [7, 11) is 1.89. The van der Waals surface area contributed by atoms with E-state index in [1.165, 1.54) is 4.70 Å². The molecule has 0 aliphatic rings. The SMILES string of the molecule is CNc1nc2ccc(-c3cnc4cc[nH]c4c3)cc2s1. The van der Waals surface area contributed by atoms with Crippen LogP contribution in [0.15, 0.2) is 42.7 Å². The first-order chi connectivity index (χ1) is 9.83. The Labute approximate surface area is 119 Å². The highest BCUT2D eigenvalue weighted by Crippen LogP contribution is 2.30. The van der Waals surface area contributed by atoms with Crippen molar-refractivity contribution in [2.24, 2.45) is 0 Å². The molecule has 0 fully saturated rings. The van der Waals surface area contributed by atoms with Gasteiger partial charge < -0.3 is 10.3 Å². The normalized spacial score (nSPS) is 11.2. The van der Waals surface area contributed by atoms with Gasteiger partial charge in [0.05, 0.1) is 21.3 Å². The number of hydrogen-bond donors (Lipinski definition) is 2. The first-order valence-electron chi connectivity index (χ1n) is 6.35. The Hall–Kier alpha value is -2.40. The monoisotopic (exact) mass is 280 g/mol. The summed E-state index contributed by atoms with van der Waals surface area (Å²) in [6.45, 7) is 0. The average molecular weight is 280 g/mol. The molecule has 0 saturated carbocycles. The summed E-state index contributed by atoms with van der Waals surface area (Å²) in [6.07, 6.45) is 3.82. The van der Waals surface area contributed by atoms with Crippen molar-refractivity contribution in [3.05, 3.63) is 42.7 Å². The number of thiazole rings is 1. The molecule has 3 aromatic heterocycles. The van der Waals surface area contributed by atoms with Gasteiger partial charge in [-0.25, -0.2) is 4.98 Å². The zero-order valence-electron chi connectivity index (χ0n) is 10.8. The molecule has 1 aromatic carbocycles. The Bertz CT molecular complexity index is 906. The lowest BCUT2D eigenvalue weighted by atomic mass is 10.1. The molecule has 5 heteroatoms. The number of anilines is 1. The van der Waals surface area contributed by atoms with Crippen LogP contribution in [0.25, 0.3) is 32.4 Å². The predicted octanol–water partition coefficient (Wildman–Crippen LogP) is 3.88. The van der Waals surface area contributed by atoms with Gasteiger partial charge >= 0.3 is 0 Å². The smallest absolute Gasteiger partial charge is 0.183 e. The molecular formula is C15H12N4S. The Morgan fingerprint density at radius 2 is 2.05 bits per heavy atom. The maximum Gasteiger partial charge on any atom is 0.183 e. The maximum absolute atomic E-state index is 4.49. The third-order valence-corrected chi connectivity index (χ3v) is 4.37. The number of benzene rings is 1. The molecule has 4 aromatic rings. The lowest BCUT2D eigenvalue weighted by molar-refractivity contribution is 1.40. The highest BCUT2D eigenvalue weighted by molar-refractivity contribution is 7.22. The molecule has 98 valence electrons. The summed E-state index contributed by atoms with van der Waals surface area (Å²) in [6, 6.07) is 10.4. The molecular weight excluding hydrogens is 268 g/mol. The number of hydrogen-bond acceptors (Lipinski definition) is 4. The molecule has 3 heterocycles. The van der Waals surface area contributed by atoms with Crippen LogP contribution < -0.4 is 5.32 Å². The van der Waals surface area contributed by atoms with Crippen molar-refractivity contribution in [1.29, 1.82) is 0 Å². The topological polar surface area (TPSA) is 53.6 Å². The number of H-pyrrole nitrogens is 1. The maximum atomic E-state index is 4.49. The summed E-state index contributed by atoms with van der Waals surface area (Å²) in [5.41, 5.74) is 5.35. The van der Waals surface area contributed by atoms with Gasteiger partial charge in [-0.3, -0.25) is 4.98 Å². The van der Waals surface area contributed by atoms with E-state index in [-0.39, 0.29) is 0 Å². The highest BCUT2D eigenvalue weighted by Gasteiger charge is 2.06. The van der Waals surface area contributed by atoms with E-state index in [4.69, 9.17) is 0 Å². The average Bonchev–Trinajstić information content (AvgIpc) is 3.11. The second-order valence-corrected chi connectivity index (χ2v) is 5.62. The van der Waals surface area contributed by atoms with E-state index in [0.29, 0.717) is 0 Å². The summed E-state index contributed by atoms with van der Waals surface area (Å²) >= 11 is 1.66. The zero-order valence-corrected chi connectivity index (χ0v) is 11.7. The molecule has 20 heavy (non-hydrogen) atoms. The fraction of sp³-hybridized carbons (Fsp3) is 0.0667. The first kappa shape index (κ1) is 11.4. The Kier molecular flexibility index (Phi) is 2.47. The Morgan fingerprint density at radius 1 is 1.10 bits per heavy atom. The number of nitrogens with zero attached hydrogens (tertiary/aromatic N) is 2. The van der Waals surface area contributed by atoms with Gasteiger partial charge in [0.25, 0.3) is 0 Å². The van der Waals surface area contributed by atoms with Crippen molar-refractivity contribution in [3.63, 3.8) is 0 Å².